The zero-order chi connectivity index (χ0) is 28.1. The first-order valence-electron chi connectivity index (χ1n) is 12.0. The van der Waals surface area contributed by atoms with Crippen molar-refractivity contribution in [1.82, 2.24) is 9.55 Å². The Bertz CT molecular complexity index is 1490. The van der Waals surface area contributed by atoms with E-state index >= 15 is 0 Å². The van der Waals surface area contributed by atoms with Gasteiger partial charge in [0.2, 0.25) is 12.7 Å². The number of methoxy groups -OCH3 is 2. The maximum Gasteiger partial charge on any atom is 0.512 e. The summed E-state index contributed by atoms with van der Waals surface area (Å²) in [4.78, 5) is 16.6. The van der Waals surface area contributed by atoms with Crippen molar-refractivity contribution < 1.29 is 33.6 Å². The second-order valence-corrected chi connectivity index (χ2v) is 10.8. The van der Waals surface area contributed by atoms with Crippen LogP contribution < -0.4 is 23.7 Å². The molecule has 0 atom stereocenters. The highest BCUT2D eigenvalue weighted by atomic mass is 35.5. The topological polar surface area (TPSA) is 101 Å². The van der Waals surface area contributed by atoms with E-state index in [1.54, 1.807) is 30.9 Å². The second-order valence-electron chi connectivity index (χ2n) is 8.53. The van der Waals surface area contributed by atoms with Gasteiger partial charge in [-0.05, 0) is 47.0 Å². The largest absolute Gasteiger partial charge is 0.512 e. The average Bonchev–Trinajstić information content (AvgIpc) is 3.55. The normalized spacial score (nSPS) is 11.9. The molecule has 0 amide bonds. The predicted molar refractivity (Wildman–Crippen MR) is 153 cm³/mol. The van der Waals surface area contributed by atoms with Crippen molar-refractivity contribution >= 4 is 41.3 Å². The number of imidazole rings is 1. The number of ether oxygens (including phenoxy) is 5. The Morgan fingerprint density at radius 2 is 1.52 bits per heavy atom. The minimum Gasteiger partial charge on any atom is -0.497 e. The van der Waals surface area contributed by atoms with Crippen molar-refractivity contribution in [2.75, 3.05) is 21.0 Å². The Labute approximate surface area is 244 Å². The van der Waals surface area contributed by atoms with Gasteiger partial charge in [-0.25, -0.2) is 9.78 Å². The lowest BCUT2D eigenvalue weighted by molar-refractivity contribution is 0.139. The molecule has 2 heterocycles. The van der Waals surface area contributed by atoms with Crippen LogP contribution in [0.5, 0.6) is 28.9 Å². The third-order valence-electron chi connectivity index (χ3n) is 5.97. The fourth-order valence-corrected chi connectivity index (χ4v) is 6.06. The summed E-state index contributed by atoms with van der Waals surface area (Å²) in [6.45, 7) is 0.321. The SMILES string of the molecule is COc1ccc(CSc2nc(SCc3ccc(OC)cc3)n(Cc3cc4c(cc3Cl)OCO4)c2OC(=O)O)cc1. The molecule has 0 spiro atoms. The number of fused-ring (bicyclic) bond motifs is 1. The number of carbonyl (C=O) groups is 1. The van der Waals surface area contributed by atoms with Crippen molar-refractivity contribution in [3.8, 4) is 28.9 Å². The van der Waals surface area contributed by atoms with Gasteiger partial charge in [0.05, 0.1) is 20.8 Å². The first kappa shape index (κ1) is 27.9. The van der Waals surface area contributed by atoms with Crippen LogP contribution in [0.25, 0.3) is 0 Å². The summed E-state index contributed by atoms with van der Waals surface area (Å²) in [5, 5.41) is 11.1. The number of rotatable bonds is 11. The molecule has 208 valence electrons. The van der Waals surface area contributed by atoms with Crippen LogP contribution in [0.1, 0.15) is 16.7 Å². The Morgan fingerprint density at radius 1 is 0.950 bits per heavy atom. The molecule has 1 N–H and O–H groups in total. The molecule has 9 nitrogen and oxygen atoms in total. The van der Waals surface area contributed by atoms with Crippen LogP contribution in [-0.2, 0) is 18.1 Å². The monoisotopic (exact) mass is 600 g/mol. The predicted octanol–water partition coefficient (Wildman–Crippen LogP) is 6.97. The molecule has 5 rings (SSSR count). The zero-order valence-electron chi connectivity index (χ0n) is 21.6. The summed E-state index contributed by atoms with van der Waals surface area (Å²) in [7, 11) is 3.24. The van der Waals surface area contributed by atoms with E-state index in [1.165, 1.54) is 23.5 Å². The van der Waals surface area contributed by atoms with E-state index in [4.69, 9.17) is 40.3 Å². The van der Waals surface area contributed by atoms with Crippen LogP contribution in [0.15, 0.2) is 70.8 Å². The fraction of sp³-hybridized carbons (Fsp3) is 0.214. The molecule has 0 radical (unpaired) electrons. The lowest BCUT2D eigenvalue weighted by Gasteiger charge is -2.13. The standard InChI is InChI=1S/C28H25ClN2O7S2/c1-34-20-7-3-17(4-8-20)14-39-25-26(38-28(32)33)31(13-19-11-23-24(12-22(19)29)37-16-36-23)27(30-25)40-15-18-5-9-21(35-2)10-6-18/h3-12H,13-16H2,1-2H3,(H,32,33). The third-order valence-corrected chi connectivity index (χ3v) is 8.39. The molecular weight excluding hydrogens is 576 g/mol. The third kappa shape index (κ3) is 6.55. The molecule has 1 aliphatic heterocycles. The molecule has 12 heteroatoms. The molecule has 0 saturated carbocycles. The van der Waals surface area contributed by atoms with Gasteiger partial charge >= 0.3 is 6.16 Å². The van der Waals surface area contributed by atoms with Gasteiger partial charge < -0.3 is 28.8 Å². The van der Waals surface area contributed by atoms with Crippen LogP contribution in [0.2, 0.25) is 5.02 Å². The van der Waals surface area contributed by atoms with E-state index in [1.807, 2.05) is 48.5 Å². The summed E-state index contributed by atoms with van der Waals surface area (Å²) >= 11 is 9.43. The Morgan fingerprint density at radius 3 is 2.10 bits per heavy atom. The molecule has 4 aromatic rings. The highest BCUT2D eigenvalue weighted by Crippen LogP contribution is 2.41. The van der Waals surface area contributed by atoms with Crippen molar-refractivity contribution in [3.05, 3.63) is 82.4 Å². The number of carboxylic acid groups (broad SMARTS) is 1. The maximum atomic E-state index is 11.8. The van der Waals surface area contributed by atoms with Gasteiger partial charge in [0.1, 0.15) is 11.5 Å². The minimum absolute atomic E-state index is 0.114. The number of aromatic nitrogens is 2. The van der Waals surface area contributed by atoms with Crippen LogP contribution in [-0.4, -0.2) is 41.8 Å². The van der Waals surface area contributed by atoms with Crippen LogP contribution in [0.4, 0.5) is 4.79 Å². The van der Waals surface area contributed by atoms with Crippen molar-refractivity contribution in [2.24, 2.45) is 0 Å². The summed E-state index contributed by atoms with van der Waals surface area (Å²) < 4.78 is 28.5. The molecule has 1 aromatic heterocycles. The quantitative estimate of drug-likeness (QED) is 0.143. The van der Waals surface area contributed by atoms with E-state index in [0.29, 0.717) is 43.8 Å². The lowest BCUT2D eigenvalue weighted by atomic mass is 10.2. The number of benzene rings is 3. The van der Waals surface area contributed by atoms with Gasteiger partial charge in [-0.3, -0.25) is 4.57 Å². The molecule has 1 aliphatic rings. The van der Waals surface area contributed by atoms with Crippen molar-refractivity contribution in [3.63, 3.8) is 0 Å². The number of thioether (sulfide) groups is 2. The van der Waals surface area contributed by atoms with Gasteiger partial charge in [-0.1, -0.05) is 59.4 Å². The van der Waals surface area contributed by atoms with Crippen LogP contribution in [0.3, 0.4) is 0 Å². The fourth-order valence-electron chi connectivity index (χ4n) is 3.92. The van der Waals surface area contributed by atoms with E-state index in [0.717, 1.165) is 22.6 Å². The highest BCUT2D eigenvalue weighted by molar-refractivity contribution is 7.99. The number of nitrogens with zero attached hydrogens (tertiary/aromatic N) is 2. The molecule has 3 aromatic carbocycles. The summed E-state index contributed by atoms with van der Waals surface area (Å²) in [5.41, 5.74) is 2.78. The Kier molecular flexibility index (Phi) is 8.83. The van der Waals surface area contributed by atoms with Crippen molar-refractivity contribution in [2.45, 2.75) is 28.2 Å². The average molecular weight is 601 g/mol. The summed E-state index contributed by atoms with van der Waals surface area (Å²) in [5.74, 6) is 3.91. The van der Waals surface area contributed by atoms with E-state index in [9.17, 15) is 9.90 Å². The number of halogens is 1. The summed E-state index contributed by atoms with van der Waals surface area (Å²) in [6.07, 6.45) is -1.43. The number of hydrogen-bond donors (Lipinski definition) is 1. The van der Waals surface area contributed by atoms with Gasteiger partial charge in [0.15, 0.2) is 21.7 Å². The summed E-state index contributed by atoms with van der Waals surface area (Å²) in [6, 6.07) is 18.9. The Hall–Kier alpha value is -3.67. The highest BCUT2D eigenvalue weighted by Gasteiger charge is 2.25. The zero-order valence-corrected chi connectivity index (χ0v) is 24.0. The number of hydrogen-bond acceptors (Lipinski definition) is 9. The molecule has 0 fully saturated rings. The van der Waals surface area contributed by atoms with Gasteiger partial charge in [0, 0.05) is 22.6 Å². The molecule has 0 unspecified atom stereocenters. The lowest BCUT2D eigenvalue weighted by Crippen LogP contribution is -2.11. The Balaban J connectivity index is 1.48. The smallest absolute Gasteiger partial charge is 0.497 e. The second kappa shape index (κ2) is 12.7. The van der Waals surface area contributed by atoms with Gasteiger partial charge in [0.25, 0.3) is 0 Å². The minimum atomic E-state index is -1.43. The van der Waals surface area contributed by atoms with E-state index < -0.39 is 6.16 Å². The molecule has 40 heavy (non-hydrogen) atoms. The molecule has 0 bridgehead atoms. The molecular formula is C28H25ClN2O7S2. The van der Waals surface area contributed by atoms with Gasteiger partial charge in [-0.15, -0.1) is 0 Å². The van der Waals surface area contributed by atoms with Crippen molar-refractivity contribution in [1.29, 1.82) is 0 Å². The molecule has 0 aliphatic carbocycles. The van der Waals surface area contributed by atoms with E-state index in [2.05, 4.69) is 0 Å². The first-order valence-corrected chi connectivity index (χ1v) is 14.4. The van der Waals surface area contributed by atoms with Crippen LogP contribution >= 0.6 is 35.1 Å². The first-order chi connectivity index (χ1) is 19.4. The van der Waals surface area contributed by atoms with Gasteiger partial charge in [-0.2, -0.15) is 0 Å². The van der Waals surface area contributed by atoms with Crippen LogP contribution in [0, 0.1) is 0 Å². The molecule has 0 saturated heterocycles. The van der Waals surface area contributed by atoms with E-state index in [-0.39, 0.29) is 19.2 Å². The maximum absolute atomic E-state index is 11.8.